The summed E-state index contributed by atoms with van der Waals surface area (Å²) in [5, 5.41) is 17.1. The highest BCUT2D eigenvalue weighted by Gasteiger charge is 2.16. The number of rotatable bonds is 5. The minimum Gasteiger partial charge on any atom is -0.506 e. The van der Waals surface area contributed by atoms with E-state index in [1.54, 1.807) is 31.2 Å². The van der Waals surface area contributed by atoms with Crippen LogP contribution in [-0.2, 0) is 4.79 Å². The van der Waals surface area contributed by atoms with Crippen molar-refractivity contribution in [1.29, 1.82) is 0 Å². The Morgan fingerprint density at radius 1 is 1.17 bits per heavy atom. The van der Waals surface area contributed by atoms with Crippen LogP contribution in [0.5, 0.6) is 5.75 Å². The minimum absolute atomic E-state index is 0.0972. The van der Waals surface area contributed by atoms with E-state index in [4.69, 9.17) is 11.6 Å². The molecule has 0 spiro atoms. The standard InChI is InChI=1S/C17H17ClN2O3/c1-10(2)16(22)19-7-8-20-17(23)13-9-14(18)11-5-3-4-6-12(11)15(13)21/h3-6,9,21H,1,7-8H2,2H3,(H,19,22)(H,20,23). The molecule has 0 aromatic heterocycles. The van der Waals surface area contributed by atoms with E-state index in [1.807, 2.05) is 0 Å². The van der Waals surface area contributed by atoms with Gasteiger partial charge in [0.1, 0.15) is 5.75 Å². The van der Waals surface area contributed by atoms with Crippen LogP contribution in [0.2, 0.25) is 5.02 Å². The number of aromatic hydroxyl groups is 1. The van der Waals surface area contributed by atoms with Gasteiger partial charge in [-0.3, -0.25) is 9.59 Å². The first-order chi connectivity index (χ1) is 10.9. The molecule has 0 atom stereocenters. The van der Waals surface area contributed by atoms with Crippen LogP contribution >= 0.6 is 11.6 Å². The molecule has 2 amide bonds. The van der Waals surface area contributed by atoms with E-state index < -0.39 is 5.91 Å². The van der Waals surface area contributed by atoms with Crippen molar-refractivity contribution in [3.05, 3.63) is 53.1 Å². The molecule has 0 heterocycles. The number of hydrogen-bond donors (Lipinski definition) is 3. The van der Waals surface area contributed by atoms with Gasteiger partial charge in [-0.25, -0.2) is 0 Å². The molecular weight excluding hydrogens is 316 g/mol. The number of phenolic OH excluding ortho intramolecular Hbond substituents is 1. The molecule has 0 saturated carbocycles. The molecular formula is C17H17ClN2O3. The lowest BCUT2D eigenvalue weighted by molar-refractivity contribution is -0.117. The summed E-state index contributed by atoms with van der Waals surface area (Å²) in [5.74, 6) is -0.843. The topological polar surface area (TPSA) is 78.4 Å². The molecule has 120 valence electrons. The summed E-state index contributed by atoms with van der Waals surface area (Å²) < 4.78 is 0. The fourth-order valence-corrected chi connectivity index (χ4v) is 2.36. The van der Waals surface area contributed by atoms with E-state index in [9.17, 15) is 14.7 Å². The van der Waals surface area contributed by atoms with Crippen molar-refractivity contribution in [2.45, 2.75) is 6.92 Å². The van der Waals surface area contributed by atoms with Gasteiger partial charge in [-0.2, -0.15) is 0 Å². The highest BCUT2D eigenvalue weighted by molar-refractivity contribution is 6.36. The lowest BCUT2D eigenvalue weighted by atomic mass is 10.0. The third kappa shape index (κ3) is 3.81. The molecule has 5 nitrogen and oxygen atoms in total. The van der Waals surface area contributed by atoms with Gasteiger partial charge in [0.05, 0.1) is 5.56 Å². The summed E-state index contributed by atoms with van der Waals surface area (Å²) in [6.07, 6.45) is 0. The molecule has 2 aromatic rings. The van der Waals surface area contributed by atoms with Gasteiger partial charge in [0.25, 0.3) is 5.91 Å². The zero-order valence-corrected chi connectivity index (χ0v) is 13.4. The van der Waals surface area contributed by atoms with Crippen LogP contribution in [0.25, 0.3) is 10.8 Å². The first-order valence-electron chi connectivity index (χ1n) is 7.04. The third-order valence-corrected chi connectivity index (χ3v) is 3.61. The second-order valence-electron chi connectivity index (χ2n) is 5.09. The molecule has 0 unspecified atom stereocenters. The van der Waals surface area contributed by atoms with Crippen molar-refractivity contribution >= 4 is 34.2 Å². The van der Waals surface area contributed by atoms with Gasteiger partial charge < -0.3 is 15.7 Å². The molecule has 23 heavy (non-hydrogen) atoms. The second kappa shape index (κ2) is 7.15. The quantitative estimate of drug-likeness (QED) is 0.581. The fourth-order valence-electron chi connectivity index (χ4n) is 2.09. The average Bonchev–Trinajstić information content (AvgIpc) is 2.54. The van der Waals surface area contributed by atoms with E-state index >= 15 is 0 Å². The van der Waals surface area contributed by atoms with Crippen LogP contribution in [-0.4, -0.2) is 30.0 Å². The predicted molar refractivity (Wildman–Crippen MR) is 90.8 cm³/mol. The monoisotopic (exact) mass is 332 g/mol. The molecule has 0 bridgehead atoms. The lowest BCUT2D eigenvalue weighted by Gasteiger charge is -2.11. The van der Waals surface area contributed by atoms with Gasteiger partial charge in [-0.15, -0.1) is 0 Å². The Hall–Kier alpha value is -2.53. The van der Waals surface area contributed by atoms with Crippen LogP contribution in [0.3, 0.4) is 0 Å². The van der Waals surface area contributed by atoms with Crippen molar-refractivity contribution in [2.75, 3.05) is 13.1 Å². The van der Waals surface area contributed by atoms with Crippen molar-refractivity contribution in [1.82, 2.24) is 10.6 Å². The first-order valence-corrected chi connectivity index (χ1v) is 7.41. The van der Waals surface area contributed by atoms with Gasteiger partial charge in [0.15, 0.2) is 0 Å². The van der Waals surface area contributed by atoms with Crippen molar-refractivity contribution in [2.24, 2.45) is 0 Å². The number of phenols is 1. The number of halogens is 1. The summed E-state index contributed by atoms with van der Waals surface area (Å²) in [7, 11) is 0. The zero-order valence-electron chi connectivity index (χ0n) is 12.6. The maximum Gasteiger partial charge on any atom is 0.255 e. The molecule has 0 aliphatic carbocycles. The first kappa shape index (κ1) is 16.8. The molecule has 0 fully saturated rings. The Labute approximate surface area is 138 Å². The highest BCUT2D eigenvalue weighted by atomic mass is 35.5. The van der Waals surface area contributed by atoms with E-state index in [2.05, 4.69) is 17.2 Å². The number of nitrogens with one attached hydrogen (secondary N) is 2. The van der Waals surface area contributed by atoms with E-state index in [-0.39, 0.29) is 30.3 Å². The number of carbonyl (C=O) groups excluding carboxylic acids is 2. The van der Waals surface area contributed by atoms with Gasteiger partial charge in [0, 0.05) is 34.5 Å². The summed E-state index contributed by atoms with van der Waals surface area (Å²) in [4.78, 5) is 23.5. The van der Waals surface area contributed by atoms with Crippen molar-refractivity contribution in [3.8, 4) is 5.75 Å². The predicted octanol–water partition coefficient (Wildman–Crippen LogP) is 2.62. The van der Waals surface area contributed by atoms with Crippen LogP contribution < -0.4 is 10.6 Å². The molecule has 6 heteroatoms. The Kier molecular flexibility index (Phi) is 5.24. The number of fused-ring (bicyclic) bond motifs is 1. The van der Waals surface area contributed by atoms with Crippen LogP contribution in [0.1, 0.15) is 17.3 Å². The summed E-state index contributed by atoms with van der Waals surface area (Å²) in [5.41, 5.74) is 0.496. The Bertz CT molecular complexity index is 787. The molecule has 2 rings (SSSR count). The molecule has 0 radical (unpaired) electrons. The van der Waals surface area contributed by atoms with Gasteiger partial charge in [-0.1, -0.05) is 42.4 Å². The van der Waals surface area contributed by atoms with Crippen LogP contribution in [0, 0.1) is 0 Å². The number of amides is 2. The van der Waals surface area contributed by atoms with Crippen LogP contribution in [0.4, 0.5) is 0 Å². The normalized spacial score (nSPS) is 10.3. The Balaban J connectivity index is 2.08. The summed E-state index contributed by atoms with van der Waals surface area (Å²) in [6, 6.07) is 8.46. The number of hydrogen-bond acceptors (Lipinski definition) is 3. The molecule has 0 aliphatic rings. The minimum atomic E-state index is -0.459. The zero-order chi connectivity index (χ0) is 17.0. The van der Waals surface area contributed by atoms with Crippen LogP contribution in [0.15, 0.2) is 42.5 Å². The molecule has 2 aromatic carbocycles. The summed E-state index contributed by atoms with van der Waals surface area (Å²) >= 11 is 6.16. The second-order valence-corrected chi connectivity index (χ2v) is 5.50. The molecule has 0 aliphatic heterocycles. The molecule has 0 saturated heterocycles. The summed E-state index contributed by atoms with van der Waals surface area (Å²) in [6.45, 7) is 5.61. The van der Waals surface area contributed by atoms with E-state index in [0.29, 0.717) is 21.4 Å². The number of carbonyl (C=O) groups is 2. The fraction of sp³-hybridized carbons (Fsp3) is 0.176. The van der Waals surface area contributed by atoms with E-state index in [1.165, 1.54) is 6.07 Å². The molecule has 3 N–H and O–H groups in total. The lowest BCUT2D eigenvalue weighted by Crippen LogP contribution is -2.34. The van der Waals surface area contributed by atoms with Gasteiger partial charge in [0.2, 0.25) is 5.91 Å². The van der Waals surface area contributed by atoms with Crippen molar-refractivity contribution in [3.63, 3.8) is 0 Å². The third-order valence-electron chi connectivity index (χ3n) is 3.29. The maximum atomic E-state index is 12.2. The number of benzene rings is 2. The van der Waals surface area contributed by atoms with Gasteiger partial charge >= 0.3 is 0 Å². The highest BCUT2D eigenvalue weighted by Crippen LogP contribution is 2.34. The smallest absolute Gasteiger partial charge is 0.255 e. The van der Waals surface area contributed by atoms with E-state index in [0.717, 1.165) is 0 Å². The SMILES string of the molecule is C=C(C)C(=O)NCCNC(=O)c1cc(Cl)c2ccccc2c1O. The Morgan fingerprint density at radius 2 is 1.78 bits per heavy atom. The average molecular weight is 333 g/mol. The largest absolute Gasteiger partial charge is 0.506 e. The van der Waals surface area contributed by atoms with Crippen molar-refractivity contribution < 1.29 is 14.7 Å². The Morgan fingerprint density at radius 3 is 2.43 bits per heavy atom. The van der Waals surface area contributed by atoms with Gasteiger partial charge in [-0.05, 0) is 13.0 Å². The maximum absolute atomic E-state index is 12.2.